The molecule has 0 radical (unpaired) electrons. The molecule has 0 unspecified atom stereocenters. The van der Waals surface area contributed by atoms with Crippen LogP contribution in [0.15, 0.2) is 47.4 Å². The predicted molar refractivity (Wildman–Crippen MR) is 112 cm³/mol. The summed E-state index contributed by atoms with van der Waals surface area (Å²) < 4.78 is 31.7. The minimum absolute atomic E-state index is 0.0684. The number of pyridine rings is 1. The molecule has 0 fully saturated rings. The summed E-state index contributed by atoms with van der Waals surface area (Å²) in [5.74, 6) is 4.06. The van der Waals surface area contributed by atoms with E-state index in [1.807, 2.05) is 0 Å². The monoisotopic (exact) mass is 435 g/mol. The second-order valence-electron chi connectivity index (χ2n) is 5.68. The van der Waals surface area contributed by atoms with Gasteiger partial charge in [-0.3, -0.25) is 0 Å². The number of halogens is 4. The van der Waals surface area contributed by atoms with Crippen LogP contribution in [0.4, 0.5) is 20.3 Å². The Kier molecular flexibility index (Phi) is 6.30. The van der Waals surface area contributed by atoms with Crippen LogP contribution in [0.25, 0.3) is 0 Å². The molecule has 28 heavy (non-hydrogen) atoms. The normalized spacial score (nSPS) is 10.3. The van der Waals surface area contributed by atoms with Gasteiger partial charge in [0.05, 0.1) is 22.0 Å². The Labute approximate surface area is 175 Å². The smallest absolute Gasteiger partial charge is 0.165 e. The van der Waals surface area contributed by atoms with Gasteiger partial charge in [0.1, 0.15) is 11.6 Å². The topological polar surface area (TPSA) is 50.9 Å². The molecule has 3 nitrogen and oxygen atoms in total. The zero-order valence-electron chi connectivity index (χ0n) is 14.5. The van der Waals surface area contributed by atoms with Crippen LogP contribution in [0.2, 0.25) is 10.0 Å². The van der Waals surface area contributed by atoms with Crippen LogP contribution in [-0.2, 0) is 0 Å². The molecule has 0 aliphatic carbocycles. The van der Waals surface area contributed by atoms with Crippen molar-refractivity contribution in [2.45, 2.75) is 11.8 Å². The summed E-state index contributed by atoms with van der Waals surface area (Å²) >= 11 is 13.1. The van der Waals surface area contributed by atoms with Crippen molar-refractivity contribution in [3.63, 3.8) is 0 Å². The van der Waals surface area contributed by atoms with Crippen molar-refractivity contribution in [3.8, 4) is 11.8 Å². The molecule has 0 atom stereocenters. The molecule has 0 aliphatic heterocycles. The third-order valence-corrected chi connectivity index (χ3v) is 5.24. The Morgan fingerprint density at radius 2 is 1.86 bits per heavy atom. The summed E-state index contributed by atoms with van der Waals surface area (Å²) in [6, 6.07) is 10.6. The molecule has 142 valence electrons. The van der Waals surface area contributed by atoms with Crippen molar-refractivity contribution in [2.75, 3.05) is 10.5 Å². The van der Waals surface area contributed by atoms with E-state index in [9.17, 15) is 8.78 Å². The first-order valence-electron chi connectivity index (χ1n) is 7.96. The maximum absolute atomic E-state index is 14.8. The summed E-state index contributed by atoms with van der Waals surface area (Å²) in [7, 11) is 0. The third-order valence-electron chi connectivity index (χ3n) is 3.68. The predicted octanol–water partition coefficient (Wildman–Crippen LogP) is 6.08. The van der Waals surface area contributed by atoms with E-state index in [0.717, 1.165) is 18.0 Å². The molecule has 3 aromatic rings. The van der Waals surface area contributed by atoms with E-state index in [1.54, 1.807) is 37.3 Å². The molecular weight excluding hydrogens is 423 g/mol. The van der Waals surface area contributed by atoms with Crippen LogP contribution >= 0.6 is 35.1 Å². The van der Waals surface area contributed by atoms with Crippen LogP contribution in [0.1, 0.15) is 16.8 Å². The van der Waals surface area contributed by atoms with Gasteiger partial charge in [-0.05, 0) is 61.3 Å². The van der Waals surface area contributed by atoms with E-state index >= 15 is 0 Å². The Morgan fingerprint density at radius 3 is 2.61 bits per heavy atom. The lowest BCUT2D eigenvalue weighted by molar-refractivity contribution is 0.580. The summed E-state index contributed by atoms with van der Waals surface area (Å²) in [5.41, 5.74) is 6.43. The second-order valence-corrected chi connectivity index (χ2v) is 7.37. The molecule has 0 saturated carbocycles. The first-order chi connectivity index (χ1) is 13.3. The van der Waals surface area contributed by atoms with Crippen LogP contribution in [0, 0.1) is 30.4 Å². The molecule has 1 aromatic heterocycles. The fourth-order valence-electron chi connectivity index (χ4n) is 2.25. The van der Waals surface area contributed by atoms with Crippen molar-refractivity contribution in [1.82, 2.24) is 4.98 Å². The first kappa shape index (κ1) is 20.3. The van der Waals surface area contributed by atoms with E-state index < -0.39 is 11.6 Å². The fraction of sp³-hybridized carbons (Fsp3) is 0.0500. The van der Waals surface area contributed by atoms with Crippen molar-refractivity contribution >= 4 is 46.7 Å². The molecule has 3 N–H and O–H groups in total. The van der Waals surface area contributed by atoms with E-state index in [-0.39, 0.29) is 11.3 Å². The fourth-order valence-corrected chi connectivity index (χ4v) is 3.45. The Hall–Kier alpha value is -2.46. The van der Waals surface area contributed by atoms with Gasteiger partial charge >= 0.3 is 0 Å². The summed E-state index contributed by atoms with van der Waals surface area (Å²) in [6.07, 6.45) is 0. The number of hydrogen-bond donors (Lipinski definition) is 2. The number of benzene rings is 2. The van der Waals surface area contributed by atoms with Crippen LogP contribution in [0.5, 0.6) is 0 Å². The van der Waals surface area contributed by atoms with Gasteiger partial charge in [-0.15, -0.1) is 0 Å². The van der Waals surface area contributed by atoms with Crippen LogP contribution < -0.4 is 10.5 Å². The van der Waals surface area contributed by atoms with Gasteiger partial charge in [0.2, 0.25) is 0 Å². The van der Waals surface area contributed by atoms with Crippen LogP contribution in [0.3, 0.4) is 0 Å². The third kappa shape index (κ3) is 4.68. The maximum Gasteiger partial charge on any atom is 0.165 e. The number of anilines is 2. The Balaban J connectivity index is 1.88. The number of nitrogens with two attached hydrogens (primary N) is 1. The second kappa shape index (κ2) is 8.70. The maximum atomic E-state index is 14.8. The van der Waals surface area contributed by atoms with Gasteiger partial charge in [-0.25, -0.2) is 13.8 Å². The standard InChI is InChI=1S/C20H13Cl2F2N3S/c1-11-12(3-9-19(25)26-11)2-5-14-16(23)7-8-17(20(14)24)27-28-18-10-13(21)4-6-15(18)22/h3-4,6-10,27H,1H3,(H2,25,26). The van der Waals surface area contributed by atoms with E-state index in [1.165, 1.54) is 6.07 Å². The van der Waals surface area contributed by atoms with Crippen molar-refractivity contribution < 1.29 is 8.78 Å². The molecule has 0 saturated heterocycles. The Bertz CT molecular complexity index is 1110. The first-order valence-corrected chi connectivity index (χ1v) is 9.53. The lowest BCUT2D eigenvalue weighted by atomic mass is 10.1. The molecule has 3 rings (SSSR count). The summed E-state index contributed by atoms with van der Waals surface area (Å²) in [4.78, 5) is 4.68. The average molecular weight is 436 g/mol. The average Bonchev–Trinajstić information content (AvgIpc) is 2.65. The highest BCUT2D eigenvalue weighted by molar-refractivity contribution is 8.00. The van der Waals surface area contributed by atoms with E-state index in [2.05, 4.69) is 21.5 Å². The lowest BCUT2D eigenvalue weighted by Gasteiger charge is -2.09. The van der Waals surface area contributed by atoms with Crippen LogP contribution in [-0.4, -0.2) is 4.98 Å². The van der Waals surface area contributed by atoms with Gasteiger partial charge < -0.3 is 10.5 Å². The lowest BCUT2D eigenvalue weighted by Crippen LogP contribution is -1.98. The van der Waals surface area contributed by atoms with Gasteiger partial charge in [0.25, 0.3) is 0 Å². The quantitative estimate of drug-likeness (QED) is 0.386. The number of nitrogens with one attached hydrogen (secondary N) is 1. The van der Waals surface area contributed by atoms with Crippen molar-refractivity contribution in [2.24, 2.45) is 0 Å². The minimum Gasteiger partial charge on any atom is -0.384 e. The largest absolute Gasteiger partial charge is 0.384 e. The number of aryl methyl sites for hydroxylation is 1. The summed E-state index contributed by atoms with van der Waals surface area (Å²) in [5, 5.41) is 0.947. The molecular formula is C20H13Cl2F2N3S. The van der Waals surface area contributed by atoms with Gasteiger partial charge in [-0.1, -0.05) is 35.0 Å². The van der Waals surface area contributed by atoms with E-state index in [4.69, 9.17) is 28.9 Å². The number of hydrogen-bond acceptors (Lipinski definition) is 4. The highest BCUT2D eigenvalue weighted by Gasteiger charge is 2.13. The van der Waals surface area contributed by atoms with Gasteiger partial charge in [0.15, 0.2) is 5.82 Å². The molecule has 0 aliphatic rings. The molecule has 1 heterocycles. The molecule has 2 aromatic carbocycles. The summed E-state index contributed by atoms with van der Waals surface area (Å²) in [6.45, 7) is 1.72. The van der Waals surface area contributed by atoms with E-state index in [0.29, 0.717) is 32.0 Å². The molecule has 0 amide bonds. The minimum atomic E-state index is -0.806. The zero-order chi connectivity index (χ0) is 20.3. The molecule has 0 spiro atoms. The van der Waals surface area contributed by atoms with Gasteiger partial charge in [0, 0.05) is 15.5 Å². The Morgan fingerprint density at radius 1 is 1.07 bits per heavy atom. The molecule has 8 heteroatoms. The number of nitrogen functional groups attached to an aromatic ring is 1. The zero-order valence-corrected chi connectivity index (χ0v) is 16.8. The molecule has 0 bridgehead atoms. The highest BCUT2D eigenvalue weighted by Crippen LogP contribution is 2.32. The van der Waals surface area contributed by atoms with Crippen molar-refractivity contribution in [1.29, 1.82) is 0 Å². The number of rotatable bonds is 3. The SMILES string of the molecule is Cc1nc(N)ccc1C#Cc1c(F)ccc(NSc2cc(Cl)ccc2Cl)c1F. The van der Waals surface area contributed by atoms with Crippen molar-refractivity contribution in [3.05, 3.63) is 81.0 Å². The highest BCUT2D eigenvalue weighted by atomic mass is 35.5. The number of aromatic nitrogens is 1. The van der Waals surface area contributed by atoms with Gasteiger partial charge in [-0.2, -0.15) is 0 Å². The number of nitrogens with zero attached hydrogens (tertiary/aromatic N) is 1.